The molecule has 1 aliphatic carbocycles. The molecule has 10 rings (SSSR count). The topological polar surface area (TPSA) is 4.93 Å². The van der Waals surface area contributed by atoms with Gasteiger partial charge in [0.25, 0.3) is 0 Å². The second-order valence-electron chi connectivity index (χ2n) is 13.3. The van der Waals surface area contributed by atoms with Gasteiger partial charge in [-0.05, 0) is 86.0 Å². The predicted octanol–water partition coefficient (Wildman–Crippen LogP) is 12.5. The van der Waals surface area contributed by atoms with Gasteiger partial charge >= 0.3 is 0 Å². The summed E-state index contributed by atoms with van der Waals surface area (Å²) in [6.45, 7) is 0. The van der Waals surface area contributed by atoms with Crippen LogP contribution in [-0.4, -0.2) is 4.57 Å². The molecule has 1 aliphatic rings. The number of benzene rings is 8. The lowest BCUT2D eigenvalue weighted by atomic mass is 9.67. The molecule has 0 fully saturated rings. The van der Waals surface area contributed by atoms with Gasteiger partial charge in [0.05, 0.1) is 16.4 Å². The normalized spacial score (nSPS) is 13.0. The van der Waals surface area contributed by atoms with Crippen molar-refractivity contribution >= 4 is 21.8 Å². The van der Waals surface area contributed by atoms with Crippen LogP contribution in [0.1, 0.15) is 22.3 Å². The summed E-state index contributed by atoms with van der Waals surface area (Å²) in [5.74, 6) is 0. The number of para-hydroxylation sites is 1. The van der Waals surface area contributed by atoms with E-state index in [-0.39, 0.29) is 0 Å². The molecule has 1 nitrogen and oxygen atoms in total. The van der Waals surface area contributed by atoms with E-state index in [4.69, 9.17) is 0 Å². The number of nitrogens with zero attached hydrogens (tertiary/aromatic N) is 1. The first-order valence-electron chi connectivity index (χ1n) is 17.4. The molecule has 0 saturated heterocycles. The lowest BCUT2D eigenvalue weighted by molar-refractivity contribution is 0.769. The van der Waals surface area contributed by atoms with E-state index >= 15 is 0 Å². The molecule has 0 bridgehead atoms. The summed E-state index contributed by atoms with van der Waals surface area (Å²) < 4.78 is 2.48. The van der Waals surface area contributed by atoms with E-state index in [9.17, 15) is 0 Å². The Kier molecular flexibility index (Phi) is 6.47. The number of hydrogen-bond donors (Lipinski definition) is 0. The van der Waals surface area contributed by atoms with Gasteiger partial charge in [-0.2, -0.15) is 0 Å². The zero-order chi connectivity index (χ0) is 33.1. The van der Waals surface area contributed by atoms with E-state index in [0.29, 0.717) is 0 Å². The zero-order valence-corrected chi connectivity index (χ0v) is 27.5. The van der Waals surface area contributed by atoms with Crippen molar-refractivity contribution in [2.24, 2.45) is 0 Å². The van der Waals surface area contributed by atoms with Gasteiger partial charge in [-0.15, -0.1) is 0 Å². The van der Waals surface area contributed by atoms with Crippen molar-refractivity contribution in [2.45, 2.75) is 5.41 Å². The van der Waals surface area contributed by atoms with Gasteiger partial charge in [-0.1, -0.05) is 170 Å². The Hall–Kier alpha value is -6.44. The van der Waals surface area contributed by atoms with Crippen LogP contribution in [0.3, 0.4) is 0 Å². The summed E-state index contributed by atoms with van der Waals surface area (Å²) in [5.41, 5.74) is 15.8. The average molecular weight is 636 g/mol. The van der Waals surface area contributed by atoms with Crippen LogP contribution in [0, 0.1) is 0 Å². The lowest BCUT2D eigenvalue weighted by Gasteiger charge is -2.33. The minimum absolute atomic E-state index is 0.445. The lowest BCUT2D eigenvalue weighted by Crippen LogP contribution is -2.28. The van der Waals surface area contributed by atoms with Crippen LogP contribution in [-0.2, 0) is 5.41 Å². The van der Waals surface area contributed by atoms with Crippen LogP contribution in [0.2, 0.25) is 0 Å². The van der Waals surface area contributed by atoms with Gasteiger partial charge in [0, 0.05) is 16.5 Å². The third-order valence-corrected chi connectivity index (χ3v) is 10.6. The monoisotopic (exact) mass is 635 g/mol. The molecule has 0 spiro atoms. The minimum atomic E-state index is -0.445. The Morgan fingerprint density at radius 3 is 1.50 bits per heavy atom. The molecule has 0 aliphatic heterocycles. The summed E-state index contributed by atoms with van der Waals surface area (Å²) in [6.07, 6.45) is 0. The van der Waals surface area contributed by atoms with Gasteiger partial charge in [0.15, 0.2) is 0 Å². The highest BCUT2D eigenvalue weighted by atomic mass is 15.0. The third kappa shape index (κ3) is 4.14. The molecular weight excluding hydrogens is 603 g/mol. The molecule has 50 heavy (non-hydrogen) atoms. The molecule has 0 amide bonds. The molecule has 1 aromatic heterocycles. The highest BCUT2D eigenvalue weighted by Crippen LogP contribution is 2.58. The van der Waals surface area contributed by atoms with E-state index in [0.717, 1.165) is 5.69 Å². The van der Waals surface area contributed by atoms with E-state index in [2.05, 4.69) is 205 Å². The summed E-state index contributed by atoms with van der Waals surface area (Å²) in [6, 6.07) is 73.4. The maximum Gasteiger partial charge on any atom is 0.0713 e. The quantitative estimate of drug-likeness (QED) is 0.177. The van der Waals surface area contributed by atoms with Crippen molar-refractivity contribution in [1.82, 2.24) is 4.57 Å². The number of rotatable bonds is 5. The zero-order valence-electron chi connectivity index (χ0n) is 27.5. The standard InChI is InChI=1S/C49H33N/c1-5-17-34(18-6-1)36-31-37(35-19-7-2-8-20-35)33-40(32-36)50-45-28-16-14-26-42(45)48-46(50)30-29-44-47(48)41-25-13-15-27-43(41)49(44,38-21-9-3-10-22-38)39-23-11-4-12-24-39/h1-33H. The third-order valence-electron chi connectivity index (χ3n) is 10.6. The van der Waals surface area contributed by atoms with Crippen LogP contribution in [0.5, 0.6) is 0 Å². The molecule has 234 valence electrons. The van der Waals surface area contributed by atoms with Crippen LogP contribution in [0.4, 0.5) is 0 Å². The maximum absolute atomic E-state index is 2.48. The Morgan fingerprint density at radius 2 is 0.880 bits per heavy atom. The number of fused-ring (bicyclic) bond motifs is 7. The molecule has 1 heterocycles. The Balaban J connectivity index is 1.33. The fourth-order valence-corrected chi connectivity index (χ4v) is 8.60. The fourth-order valence-electron chi connectivity index (χ4n) is 8.60. The molecule has 0 unspecified atom stereocenters. The second-order valence-corrected chi connectivity index (χ2v) is 13.3. The van der Waals surface area contributed by atoms with Crippen LogP contribution in [0.25, 0.3) is 60.9 Å². The Bertz CT molecular complexity index is 2570. The number of hydrogen-bond acceptors (Lipinski definition) is 0. The first-order chi connectivity index (χ1) is 24.8. The highest BCUT2D eigenvalue weighted by molar-refractivity contribution is 6.18. The van der Waals surface area contributed by atoms with Crippen LogP contribution >= 0.6 is 0 Å². The van der Waals surface area contributed by atoms with Crippen molar-refractivity contribution < 1.29 is 0 Å². The SMILES string of the molecule is c1ccc(-c2cc(-c3ccccc3)cc(-n3c4ccccc4c4c5c(ccc43)C(c3ccccc3)(c3ccccc3)c3ccccc3-5)c2)cc1. The molecule has 0 saturated carbocycles. The van der Waals surface area contributed by atoms with Gasteiger partial charge in [-0.3, -0.25) is 0 Å². The molecule has 0 N–H and O–H groups in total. The van der Waals surface area contributed by atoms with E-state index in [1.165, 1.54) is 77.4 Å². The largest absolute Gasteiger partial charge is 0.309 e. The second kappa shape index (κ2) is 11.3. The van der Waals surface area contributed by atoms with Crippen molar-refractivity contribution in [3.8, 4) is 39.1 Å². The van der Waals surface area contributed by atoms with Crippen molar-refractivity contribution in [3.63, 3.8) is 0 Å². The van der Waals surface area contributed by atoms with Gasteiger partial charge < -0.3 is 4.57 Å². The van der Waals surface area contributed by atoms with E-state index in [1.54, 1.807) is 0 Å². The van der Waals surface area contributed by atoms with Crippen molar-refractivity contribution in [3.05, 3.63) is 222 Å². The summed E-state index contributed by atoms with van der Waals surface area (Å²) in [5, 5.41) is 2.56. The molecule has 8 aromatic carbocycles. The number of aromatic nitrogens is 1. The maximum atomic E-state index is 2.48. The van der Waals surface area contributed by atoms with Crippen LogP contribution in [0.15, 0.2) is 200 Å². The molecule has 9 aromatic rings. The predicted molar refractivity (Wildman–Crippen MR) is 209 cm³/mol. The summed E-state index contributed by atoms with van der Waals surface area (Å²) in [4.78, 5) is 0. The van der Waals surface area contributed by atoms with Crippen LogP contribution < -0.4 is 0 Å². The summed E-state index contributed by atoms with van der Waals surface area (Å²) >= 11 is 0. The van der Waals surface area contributed by atoms with Gasteiger partial charge in [0.2, 0.25) is 0 Å². The van der Waals surface area contributed by atoms with E-state index < -0.39 is 5.41 Å². The fraction of sp³-hybridized carbons (Fsp3) is 0.0204. The Labute approximate surface area is 292 Å². The smallest absolute Gasteiger partial charge is 0.0713 e. The van der Waals surface area contributed by atoms with Gasteiger partial charge in [0.1, 0.15) is 0 Å². The molecule has 0 atom stereocenters. The van der Waals surface area contributed by atoms with E-state index in [1.807, 2.05) is 0 Å². The average Bonchev–Trinajstić information content (AvgIpc) is 3.70. The van der Waals surface area contributed by atoms with Crippen molar-refractivity contribution in [2.75, 3.05) is 0 Å². The minimum Gasteiger partial charge on any atom is -0.309 e. The molecular formula is C49H33N. The first-order valence-corrected chi connectivity index (χ1v) is 17.4. The molecule has 1 heteroatoms. The molecule has 0 radical (unpaired) electrons. The van der Waals surface area contributed by atoms with Crippen molar-refractivity contribution in [1.29, 1.82) is 0 Å². The summed E-state index contributed by atoms with van der Waals surface area (Å²) in [7, 11) is 0. The highest BCUT2D eigenvalue weighted by Gasteiger charge is 2.47. The van der Waals surface area contributed by atoms with Gasteiger partial charge in [-0.25, -0.2) is 0 Å². The Morgan fingerprint density at radius 1 is 0.360 bits per heavy atom. The first kappa shape index (κ1) is 28.6.